The predicted octanol–water partition coefficient (Wildman–Crippen LogP) is 0.726. The van der Waals surface area contributed by atoms with E-state index >= 15 is 0 Å². The van der Waals surface area contributed by atoms with Gasteiger partial charge in [-0.05, 0) is 12.8 Å². The molecule has 0 fully saturated rings. The zero-order valence-corrected chi connectivity index (χ0v) is 7.60. The number of hydrogen-bond acceptors (Lipinski definition) is 3. The Morgan fingerprint density at radius 3 is 2.25 bits per heavy atom. The highest BCUT2D eigenvalue weighted by Gasteiger charge is 1.91. The summed E-state index contributed by atoms with van der Waals surface area (Å²) in [4.78, 5) is 0. The third kappa shape index (κ3) is 9.39. The topological polar surface area (TPSA) is 87.9 Å². The molecule has 0 unspecified atom stereocenters. The molecule has 0 heterocycles. The third-order valence-corrected chi connectivity index (χ3v) is 1.77. The normalized spacial score (nSPS) is 10.1. The smallest absolute Gasteiger partial charge is 0.0905 e. The lowest BCUT2D eigenvalue weighted by Crippen LogP contribution is -2.22. The van der Waals surface area contributed by atoms with E-state index in [4.69, 9.17) is 17.0 Å². The highest BCUT2D eigenvalue weighted by Crippen LogP contribution is 2.04. The summed E-state index contributed by atoms with van der Waals surface area (Å²) in [6.07, 6.45) is 6.53. The molecule has 0 spiro atoms. The first-order valence-electron chi connectivity index (χ1n) is 4.53. The molecule has 0 saturated heterocycles. The fraction of sp³-hybridized carbons (Fsp3) is 0.875. The van der Waals surface area contributed by atoms with Crippen molar-refractivity contribution in [3.05, 3.63) is 0 Å². The van der Waals surface area contributed by atoms with Crippen LogP contribution in [0.25, 0.3) is 0 Å². The van der Waals surface area contributed by atoms with Crippen LogP contribution in [-0.2, 0) is 0 Å². The lowest BCUT2D eigenvalue weighted by molar-refractivity contribution is 0.589. The molecular weight excluding hydrogens is 152 g/mol. The Hall–Kier alpha value is -0.610. The second-order valence-corrected chi connectivity index (χ2v) is 3.00. The molecule has 72 valence electrons. The van der Waals surface area contributed by atoms with Gasteiger partial charge in [-0.15, -0.1) is 0 Å². The van der Waals surface area contributed by atoms with Crippen LogP contribution in [0.1, 0.15) is 38.5 Å². The average Bonchev–Trinajstić information content (AvgIpc) is 2.02. The fourth-order valence-corrected chi connectivity index (χ4v) is 1.07. The maximum absolute atomic E-state index is 6.99. The van der Waals surface area contributed by atoms with Crippen LogP contribution in [0.3, 0.4) is 0 Å². The Morgan fingerprint density at radius 2 is 1.67 bits per heavy atom. The molecule has 6 N–H and O–H groups in total. The summed E-state index contributed by atoms with van der Waals surface area (Å²) in [6.45, 7) is 0.896. The van der Waals surface area contributed by atoms with E-state index in [2.05, 4.69) is 5.43 Å². The first kappa shape index (κ1) is 11.4. The van der Waals surface area contributed by atoms with Crippen molar-refractivity contribution < 1.29 is 0 Å². The highest BCUT2D eigenvalue weighted by molar-refractivity contribution is 5.76. The summed E-state index contributed by atoms with van der Waals surface area (Å²) in [5.74, 6) is 5.42. The van der Waals surface area contributed by atoms with Gasteiger partial charge in [0.05, 0.1) is 5.84 Å². The quantitative estimate of drug-likeness (QED) is 0.143. The van der Waals surface area contributed by atoms with E-state index in [1.165, 1.54) is 19.3 Å². The number of hydrazine groups is 1. The number of hydrogen-bond donors (Lipinski definition) is 4. The Labute approximate surface area is 74.2 Å². The molecule has 0 radical (unpaired) electrons. The lowest BCUT2D eigenvalue weighted by atomic mass is 10.1. The number of nitrogens with one attached hydrogen (secondary N) is 2. The second-order valence-electron chi connectivity index (χ2n) is 3.00. The van der Waals surface area contributed by atoms with Crippen LogP contribution in [0, 0.1) is 5.41 Å². The molecule has 0 aromatic rings. The number of rotatable bonds is 8. The molecule has 0 bridgehead atoms. The van der Waals surface area contributed by atoms with Gasteiger partial charge in [0.25, 0.3) is 0 Å². The van der Waals surface area contributed by atoms with Gasteiger partial charge < -0.3 is 5.73 Å². The lowest BCUT2D eigenvalue weighted by Gasteiger charge is -2.00. The van der Waals surface area contributed by atoms with Crippen LogP contribution in [0.2, 0.25) is 0 Å². The monoisotopic (exact) mass is 172 g/mol. The van der Waals surface area contributed by atoms with Gasteiger partial charge in [-0.1, -0.05) is 19.3 Å². The molecule has 0 aromatic heterocycles. The molecule has 0 aliphatic heterocycles. The maximum Gasteiger partial charge on any atom is 0.0905 e. The summed E-state index contributed by atoms with van der Waals surface area (Å²) in [7, 11) is 0. The molecule has 0 atom stereocenters. The Bertz CT molecular complexity index is 114. The predicted molar refractivity (Wildman–Crippen MR) is 51.8 cm³/mol. The number of nitrogens with two attached hydrogens (primary N) is 2. The maximum atomic E-state index is 6.99. The molecule has 0 aliphatic rings. The molecule has 0 rings (SSSR count). The number of amidine groups is 1. The molecule has 0 aromatic carbocycles. The minimum atomic E-state index is 0.304. The van der Waals surface area contributed by atoms with Gasteiger partial charge in [-0.2, -0.15) is 0 Å². The van der Waals surface area contributed by atoms with Gasteiger partial charge in [-0.25, -0.2) is 0 Å². The largest absolute Gasteiger partial charge is 0.388 e. The minimum Gasteiger partial charge on any atom is -0.388 e. The first-order valence-corrected chi connectivity index (χ1v) is 4.53. The summed E-state index contributed by atoms with van der Waals surface area (Å²) >= 11 is 0. The van der Waals surface area contributed by atoms with E-state index in [1.807, 2.05) is 0 Å². The fourth-order valence-electron chi connectivity index (χ4n) is 1.07. The number of unbranched alkanes of at least 4 members (excludes halogenated alkanes) is 4. The van der Waals surface area contributed by atoms with E-state index in [0.717, 1.165) is 25.8 Å². The SMILES string of the molecule is N=C(N)CCCCCCCNN. The van der Waals surface area contributed by atoms with E-state index in [9.17, 15) is 0 Å². The molecule has 0 aliphatic carbocycles. The van der Waals surface area contributed by atoms with Crippen molar-refractivity contribution in [1.82, 2.24) is 5.43 Å². The van der Waals surface area contributed by atoms with Gasteiger partial charge in [0.15, 0.2) is 0 Å². The second kappa shape index (κ2) is 8.49. The molecular formula is C8H20N4. The molecule has 0 saturated carbocycles. The van der Waals surface area contributed by atoms with Crippen LogP contribution in [0.5, 0.6) is 0 Å². The van der Waals surface area contributed by atoms with Crippen LogP contribution >= 0.6 is 0 Å². The van der Waals surface area contributed by atoms with Crippen LogP contribution in [0.4, 0.5) is 0 Å². The average molecular weight is 172 g/mol. The van der Waals surface area contributed by atoms with Crippen molar-refractivity contribution in [3.63, 3.8) is 0 Å². The summed E-state index contributed by atoms with van der Waals surface area (Å²) < 4.78 is 0. The molecule has 4 heteroatoms. The van der Waals surface area contributed by atoms with E-state index in [1.54, 1.807) is 0 Å². The van der Waals surface area contributed by atoms with E-state index < -0.39 is 0 Å². The minimum absolute atomic E-state index is 0.304. The molecule has 12 heavy (non-hydrogen) atoms. The third-order valence-electron chi connectivity index (χ3n) is 1.77. The summed E-state index contributed by atoms with van der Waals surface area (Å²) in [5.41, 5.74) is 7.83. The molecule has 4 nitrogen and oxygen atoms in total. The van der Waals surface area contributed by atoms with Crippen molar-refractivity contribution in [2.24, 2.45) is 11.6 Å². The summed E-state index contributed by atoms with van der Waals surface area (Å²) in [5, 5.41) is 6.99. The Kier molecular flexibility index (Phi) is 8.05. The highest BCUT2D eigenvalue weighted by atomic mass is 15.2. The summed E-state index contributed by atoms with van der Waals surface area (Å²) in [6, 6.07) is 0. The van der Waals surface area contributed by atoms with Gasteiger partial charge in [0.1, 0.15) is 0 Å². The first-order chi connectivity index (χ1) is 5.77. The van der Waals surface area contributed by atoms with E-state index in [0.29, 0.717) is 5.84 Å². The van der Waals surface area contributed by atoms with Crippen LogP contribution in [-0.4, -0.2) is 12.4 Å². The van der Waals surface area contributed by atoms with Crippen molar-refractivity contribution >= 4 is 5.84 Å². The van der Waals surface area contributed by atoms with E-state index in [-0.39, 0.29) is 0 Å². The Balaban J connectivity index is 2.86. The standard InChI is InChI=1S/C8H20N4/c9-8(10)6-4-2-1-3-5-7-12-11/h12H,1-7,11H2,(H3,9,10). The van der Waals surface area contributed by atoms with Gasteiger partial charge in [0, 0.05) is 13.0 Å². The zero-order valence-electron chi connectivity index (χ0n) is 7.60. The zero-order chi connectivity index (χ0) is 9.23. The van der Waals surface area contributed by atoms with Gasteiger partial charge in [-0.3, -0.25) is 16.7 Å². The van der Waals surface area contributed by atoms with Crippen LogP contribution < -0.4 is 17.0 Å². The van der Waals surface area contributed by atoms with Crippen molar-refractivity contribution in [1.29, 1.82) is 5.41 Å². The Morgan fingerprint density at radius 1 is 1.08 bits per heavy atom. The van der Waals surface area contributed by atoms with Crippen molar-refractivity contribution in [2.45, 2.75) is 38.5 Å². The van der Waals surface area contributed by atoms with Crippen molar-refractivity contribution in [3.8, 4) is 0 Å². The molecule has 0 amide bonds. The van der Waals surface area contributed by atoms with Crippen molar-refractivity contribution in [2.75, 3.05) is 6.54 Å². The van der Waals surface area contributed by atoms with Crippen LogP contribution in [0.15, 0.2) is 0 Å². The van der Waals surface area contributed by atoms with Gasteiger partial charge in [0.2, 0.25) is 0 Å². The van der Waals surface area contributed by atoms with Gasteiger partial charge >= 0.3 is 0 Å².